The second-order valence-electron chi connectivity index (χ2n) is 11.5. The van der Waals surface area contributed by atoms with Crippen molar-refractivity contribution in [2.45, 2.75) is 76.3 Å². The molecule has 0 heterocycles. The van der Waals surface area contributed by atoms with Gasteiger partial charge in [-0.2, -0.15) is 21.9 Å². The summed E-state index contributed by atoms with van der Waals surface area (Å²) in [5, 5.41) is 2.72. The molecule has 38 heavy (non-hydrogen) atoms. The lowest BCUT2D eigenvalue weighted by molar-refractivity contribution is -0.725. The Hall–Kier alpha value is -3.10. The minimum absolute atomic E-state index is 0.997. The minimum atomic E-state index is -1.22. The van der Waals surface area contributed by atoms with Crippen LogP contribution in [0.15, 0.2) is 121 Å². The molecule has 0 aliphatic heterocycles. The van der Waals surface area contributed by atoms with E-state index >= 15 is 0 Å². The van der Waals surface area contributed by atoms with Crippen LogP contribution in [0.5, 0.6) is 0 Å². The number of nitrogens with two attached hydrogens (primary N) is 1. The SMILES string of the molecule is C1CCC([NH2+]C2CCCCC2)CC1.c1ccc([B-](c2ccccc2)(c2ccccc2)c2ccccc2)cc1. The Kier molecular flexibility index (Phi) is 9.51. The van der Waals surface area contributed by atoms with E-state index in [1.807, 2.05) is 0 Å². The summed E-state index contributed by atoms with van der Waals surface area (Å²) in [5.74, 6) is 0. The minimum Gasteiger partial charge on any atom is -0.341 e. The predicted molar refractivity (Wildman–Crippen MR) is 166 cm³/mol. The molecule has 2 heteroatoms. The number of benzene rings is 4. The molecule has 2 aliphatic carbocycles. The van der Waals surface area contributed by atoms with Gasteiger partial charge < -0.3 is 5.32 Å². The van der Waals surface area contributed by atoms with E-state index in [4.69, 9.17) is 0 Å². The summed E-state index contributed by atoms with van der Waals surface area (Å²) in [6.45, 7) is 0. The maximum Gasteiger partial charge on any atom is 0.108 e. The molecule has 2 saturated carbocycles. The maximum atomic E-state index is 2.72. The van der Waals surface area contributed by atoms with Crippen molar-refractivity contribution in [2.75, 3.05) is 0 Å². The normalized spacial score (nSPS) is 16.8. The number of rotatable bonds is 6. The molecule has 196 valence electrons. The molecule has 2 fully saturated rings. The molecule has 4 aromatic carbocycles. The second kappa shape index (κ2) is 13.6. The van der Waals surface area contributed by atoms with Crippen LogP contribution >= 0.6 is 0 Å². The van der Waals surface area contributed by atoms with Crippen LogP contribution in [0.1, 0.15) is 64.2 Å². The molecule has 2 N–H and O–H groups in total. The van der Waals surface area contributed by atoms with Gasteiger partial charge in [-0.25, -0.2) is 0 Å². The van der Waals surface area contributed by atoms with Crippen LogP contribution in [0.3, 0.4) is 0 Å². The lowest BCUT2D eigenvalue weighted by Crippen LogP contribution is -2.95. The Bertz CT molecular complexity index is 1000. The second-order valence-corrected chi connectivity index (χ2v) is 11.5. The van der Waals surface area contributed by atoms with E-state index in [9.17, 15) is 0 Å². The van der Waals surface area contributed by atoms with Crippen LogP contribution < -0.4 is 27.2 Å². The van der Waals surface area contributed by atoms with Gasteiger partial charge in [-0.05, 0) is 51.4 Å². The molecule has 0 bridgehead atoms. The molecule has 4 aromatic rings. The van der Waals surface area contributed by atoms with Gasteiger partial charge >= 0.3 is 0 Å². The van der Waals surface area contributed by atoms with Gasteiger partial charge in [0.1, 0.15) is 6.15 Å². The highest BCUT2D eigenvalue weighted by atomic mass is 14.9. The summed E-state index contributed by atoms with van der Waals surface area (Å²) in [6, 6.07) is 45.5. The van der Waals surface area contributed by atoms with E-state index < -0.39 is 6.15 Å². The molecule has 0 amide bonds. The van der Waals surface area contributed by atoms with E-state index in [1.54, 1.807) is 0 Å². The van der Waals surface area contributed by atoms with Gasteiger partial charge in [0.2, 0.25) is 0 Å². The molecular formula is C36H44BN. The van der Waals surface area contributed by atoms with E-state index in [1.165, 1.54) is 86.1 Å². The van der Waals surface area contributed by atoms with Crippen molar-refractivity contribution in [2.24, 2.45) is 0 Å². The lowest BCUT2D eigenvalue weighted by atomic mass is 9.13. The molecule has 0 aromatic heterocycles. The topological polar surface area (TPSA) is 16.6 Å². The predicted octanol–water partition coefficient (Wildman–Crippen LogP) is 5.28. The first kappa shape index (κ1) is 26.5. The third-order valence-corrected chi connectivity index (χ3v) is 9.04. The molecule has 1 nitrogen and oxygen atoms in total. The zero-order valence-corrected chi connectivity index (χ0v) is 22.9. The average molecular weight is 502 g/mol. The summed E-state index contributed by atoms with van der Waals surface area (Å²) in [5.41, 5.74) is 5.36. The first-order valence-corrected chi connectivity index (χ1v) is 15.1. The Morgan fingerprint density at radius 3 is 0.895 bits per heavy atom. The zero-order valence-electron chi connectivity index (χ0n) is 22.9. The third kappa shape index (κ3) is 6.30. The third-order valence-electron chi connectivity index (χ3n) is 9.04. The highest BCUT2D eigenvalue weighted by molar-refractivity contribution is 7.19. The van der Waals surface area contributed by atoms with Crippen molar-refractivity contribution >= 4 is 28.0 Å². The smallest absolute Gasteiger partial charge is 0.108 e. The van der Waals surface area contributed by atoms with Crippen LogP contribution in [0.25, 0.3) is 0 Å². The van der Waals surface area contributed by atoms with E-state index in [0.717, 1.165) is 12.1 Å². The van der Waals surface area contributed by atoms with Gasteiger partial charge in [-0.1, -0.05) is 134 Å². The maximum absolute atomic E-state index is 2.72. The standard InChI is InChI=1S/C24H20B.C12H23N/c1-5-13-21(14-6-1)25(22-15-7-2-8-16-22,23-17-9-3-10-18-23)24-19-11-4-12-20-24;1-3-7-11(8-4-1)13-12-9-5-2-6-10-12/h1-20H;11-13H,1-10H2/q-1;/p+1. The molecule has 0 spiro atoms. The Morgan fingerprint density at radius 1 is 0.368 bits per heavy atom. The largest absolute Gasteiger partial charge is 0.341 e. The molecular weight excluding hydrogens is 457 g/mol. The van der Waals surface area contributed by atoms with Gasteiger partial charge in [0.15, 0.2) is 0 Å². The summed E-state index contributed by atoms with van der Waals surface area (Å²) in [6.07, 6.45) is 13.7. The van der Waals surface area contributed by atoms with E-state index in [-0.39, 0.29) is 0 Å². The monoisotopic (exact) mass is 501 g/mol. The lowest BCUT2D eigenvalue weighted by Gasteiger charge is -2.44. The van der Waals surface area contributed by atoms with Crippen molar-refractivity contribution in [3.8, 4) is 0 Å². The molecule has 0 saturated heterocycles. The molecule has 6 rings (SSSR count). The number of quaternary nitrogens is 1. The Balaban J connectivity index is 0.000000190. The van der Waals surface area contributed by atoms with Crippen LogP contribution in [0.2, 0.25) is 0 Å². The van der Waals surface area contributed by atoms with Crippen molar-refractivity contribution < 1.29 is 5.32 Å². The number of hydrogen-bond acceptors (Lipinski definition) is 0. The molecule has 2 aliphatic rings. The van der Waals surface area contributed by atoms with Crippen LogP contribution in [0, 0.1) is 0 Å². The summed E-state index contributed by atoms with van der Waals surface area (Å²) in [7, 11) is 0. The Morgan fingerprint density at radius 2 is 0.632 bits per heavy atom. The number of hydrogen-bond donors (Lipinski definition) is 1. The fourth-order valence-electron chi connectivity index (χ4n) is 7.16. The van der Waals surface area contributed by atoms with Gasteiger partial charge in [0.05, 0.1) is 12.1 Å². The molecule has 0 unspecified atom stereocenters. The van der Waals surface area contributed by atoms with Gasteiger partial charge in [0.25, 0.3) is 0 Å². The first-order valence-electron chi connectivity index (χ1n) is 15.1. The van der Waals surface area contributed by atoms with Crippen molar-refractivity contribution in [1.29, 1.82) is 0 Å². The Labute approximate surface area is 230 Å². The molecule has 0 radical (unpaired) electrons. The summed E-state index contributed by atoms with van der Waals surface area (Å²) >= 11 is 0. The van der Waals surface area contributed by atoms with Crippen LogP contribution in [-0.4, -0.2) is 18.2 Å². The molecule has 0 atom stereocenters. The van der Waals surface area contributed by atoms with Crippen molar-refractivity contribution in [3.05, 3.63) is 121 Å². The van der Waals surface area contributed by atoms with Gasteiger partial charge in [0, 0.05) is 0 Å². The van der Waals surface area contributed by atoms with Crippen LogP contribution in [0.4, 0.5) is 0 Å². The zero-order chi connectivity index (χ0) is 25.9. The quantitative estimate of drug-likeness (QED) is 0.347. The van der Waals surface area contributed by atoms with Crippen molar-refractivity contribution in [3.63, 3.8) is 0 Å². The fourth-order valence-corrected chi connectivity index (χ4v) is 7.16. The fraction of sp³-hybridized carbons (Fsp3) is 0.333. The summed E-state index contributed by atoms with van der Waals surface area (Å²) in [4.78, 5) is 0. The average Bonchev–Trinajstić information content (AvgIpc) is 3.01. The van der Waals surface area contributed by atoms with Gasteiger partial charge in [-0.15, -0.1) is 0 Å². The van der Waals surface area contributed by atoms with E-state index in [0.29, 0.717) is 0 Å². The van der Waals surface area contributed by atoms with Crippen molar-refractivity contribution in [1.82, 2.24) is 0 Å². The summed E-state index contributed by atoms with van der Waals surface area (Å²) < 4.78 is 0. The first-order chi connectivity index (χ1) is 18.9. The highest BCUT2D eigenvalue weighted by Crippen LogP contribution is 2.18. The highest BCUT2D eigenvalue weighted by Gasteiger charge is 2.31. The van der Waals surface area contributed by atoms with Crippen LogP contribution in [-0.2, 0) is 0 Å². The van der Waals surface area contributed by atoms with E-state index in [2.05, 4.69) is 127 Å². The van der Waals surface area contributed by atoms with Gasteiger partial charge in [-0.3, -0.25) is 0 Å².